The molecule has 9 heteroatoms. The molecular formula is C11H8ClF3N4O. The van der Waals surface area contributed by atoms with Gasteiger partial charge < -0.3 is 5.32 Å². The lowest BCUT2D eigenvalue weighted by Crippen LogP contribution is -2.33. The van der Waals surface area contributed by atoms with Gasteiger partial charge in [-0.15, -0.1) is 5.10 Å². The van der Waals surface area contributed by atoms with Gasteiger partial charge in [0.1, 0.15) is 6.54 Å². The Labute approximate surface area is 116 Å². The number of halogens is 4. The minimum Gasteiger partial charge on any atom is -0.341 e. The number of carbonyl (C=O) groups is 1. The highest BCUT2D eigenvalue weighted by Gasteiger charge is 2.28. The molecule has 2 aromatic rings. The van der Waals surface area contributed by atoms with Crippen molar-refractivity contribution in [1.82, 2.24) is 20.3 Å². The highest BCUT2D eigenvalue weighted by atomic mass is 35.5. The number of nitrogens with zero attached hydrogens (tertiary/aromatic N) is 3. The molecule has 0 aliphatic rings. The van der Waals surface area contributed by atoms with Gasteiger partial charge >= 0.3 is 6.18 Å². The fourth-order valence-electron chi connectivity index (χ4n) is 1.36. The van der Waals surface area contributed by atoms with Gasteiger partial charge in [-0.3, -0.25) is 4.79 Å². The van der Waals surface area contributed by atoms with E-state index in [0.29, 0.717) is 10.7 Å². The first-order valence-corrected chi connectivity index (χ1v) is 5.76. The van der Waals surface area contributed by atoms with Crippen molar-refractivity contribution in [1.29, 1.82) is 0 Å². The molecule has 20 heavy (non-hydrogen) atoms. The van der Waals surface area contributed by atoms with E-state index in [1.54, 1.807) is 29.6 Å². The van der Waals surface area contributed by atoms with Gasteiger partial charge in [-0.1, -0.05) is 16.8 Å². The maximum absolute atomic E-state index is 12.0. The maximum atomic E-state index is 12.0. The Hall–Kier alpha value is -2.09. The van der Waals surface area contributed by atoms with Crippen LogP contribution in [0.3, 0.4) is 0 Å². The quantitative estimate of drug-likeness (QED) is 0.946. The third kappa shape index (κ3) is 3.70. The Morgan fingerprint density at radius 3 is 2.55 bits per heavy atom. The second kappa shape index (κ2) is 5.49. The molecular weight excluding hydrogens is 297 g/mol. The number of nitrogens with one attached hydrogen (secondary N) is 1. The average molecular weight is 305 g/mol. The zero-order valence-corrected chi connectivity index (χ0v) is 10.6. The van der Waals surface area contributed by atoms with Gasteiger partial charge in [0.05, 0.1) is 11.9 Å². The van der Waals surface area contributed by atoms with Crippen LogP contribution in [-0.4, -0.2) is 33.6 Å². The predicted molar refractivity (Wildman–Crippen MR) is 64.8 cm³/mol. The Bertz CT molecular complexity index is 609. The minimum atomic E-state index is -4.47. The van der Waals surface area contributed by atoms with Crippen molar-refractivity contribution in [3.8, 4) is 5.69 Å². The predicted octanol–water partition coefficient (Wildman–Crippen LogP) is 2.21. The van der Waals surface area contributed by atoms with E-state index in [9.17, 15) is 18.0 Å². The molecule has 106 valence electrons. The highest BCUT2D eigenvalue weighted by molar-refractivity contribution is 6.30. The fraction of sp³-hybridized carbons (Fsp3) is 0.182. The van der Waals surface area contributed by atoms with Crippen molar-refractivity contribution in [2.75, 3.05) is 6.54 Å². The molecule has 1 aromatic carbocycles. The van der Waals surface area contributed by atoms with E-state index in [1.165, 1.54) is 10.9 Å². The number of hydrogen-bond acceptors (Lipinski definition) is 3. The first-order chi connectivity index (χ1) is 9.35. The van der Waals surface area contributed by atoms with Crippen LogP contribution in [-0.2, 0) is 0 Å². The molecule has 0 saturated carbocycles. The molecule has 0 saturated heterocycles. The number of carbonyl (C=O) groups excluding carboxylic acids is 1. The summed E-state index contributed by atoms with van der Waals surface area (Å²) in [4.78, 5) is 11.4. The Kier molecular flexibility index (Phi) is 3.93. The molecule has 1 N–H and O–H groups in total. The molecule has 2 rings (SSSR count). The summed E-state index contributed by atoms with van der Waals surface area (Å²) < 4.78 is 37.2. The minimum absolute atomic E-state index is 0.204. The zero-order valence-electron chi connectivity index (χ0n) is 9.86. The van der Waals surface area contributed by atoms with Crippen LogP contribution in [0.1, 0.15) is 10.5 Å². The number of alkyl halides is 3. The lowest BCUT2D eigenvalue weighted by atomic mass is 10.3. The molecule has 0 atom stereocenters. The van der Waals surface area contributed by atoms with Crippen molar-refractivity contribution >= 4 is 17.5 Å². The summed E-state index contributed by atoms with van der Waals surface area (Å²) >= 11 is 5.72. The van der Waals surface area contributed by atoms with Gasteiger partial charge in [-0.25, -0.2) is 4.68 Å². The first kappa shape index (κ1) is 14.3. The zero-order chi connectivity index (χ0) is 14.8. The topological polar surface area (TPSA) is 59.8 Å². The van der Waals surface area contributed by atoms with Crippen molar-refractivity contribution in [2.45, 2.75) is 6.18 Å². The average Bonchev–Trinajstić information content (AvgIpc) is 2.85. The van der Waals surface area contributed by atoms with Gasteiger partial charge in [0.15, 0.2) is 5.69 Å². The first-order valence-electron chi connectivity index (χ1n) is 5.38. The van der Waals surface area contributed by atoms with E-state index >= 15 is 0 Å². The summed E-state index contributed by atoms with van der Waals surface area (Å²) in [6, 6.07) is 6.49. The summed E-state index contributed by atoms with van der Waals surface area (Å²) in [6.07, 6.45) is -3.24. The highest BCUT2D eigenvalue weighted by Crippen LogP contribution is 2.14. The molecule has 0 unspecified atom stereocenters. The molecule has 0 spiro atoms. The lowest BCUT2D eigenvalue weighted by molar-refractivity contribution is -0.123. The molecule has 5 nitrogen and oxygen atoms in total. The molecule has 0 aliphatic heterocycles. The van der Waals surface area contributed by atoms with Crippen LogP contribution in [0.25, 0.3) is 5.69 Å². The summed E-state index contributed by atoms with van der Waals surface area (Å²) in [5, 5.41) is 9.42. The second-order valence-electron chi connectivity index (χ2n) is 3.82. The van der Waals surface area contributed by atoms with Gasteiger partial charge in [0.25, 0.3) is 5.91 Å². The number of rotatable bonds is 3. The molecule has 0 aliphatic carbocycles. The van der Waals surface area contributed by atoms with Crippen LogP contribution in [0.2, 0.25) is 5.02 Å². The summed E-state index contributed by atoms with van der Waals surface area (Å²) in [5.41, 5.74) is 0.376. The van der Waals surface area contributed by atoms with Crippen LogP contribution in [0.15, 0.2) is 30.5 Å². The summed E-state index contributed by atoms with van der Waals surface area (Å²) in [5.74, 6) is -0.942. The van der Waals surface area contributed by atoms with E-state index in [4.69, 9.17) is 11.6 Å². The van der Waals surface area contributed by atoms with E-state index < -0.39 is 18.6 Å². The van der Waals surface area contributed by atoms with Crippen LogP contribution in [0, 0.1) is 0 Å². The number of hydrogen-bond donors (Lipinski definition) is 1. The Morgan fingerprint density at radius 2 is 1.95 bits per heavy atom. The number of amides is 1. The van der Waals surface area contributed by atoms with Crippen molar-refractivity contribution in [3.05, 3.63) is 41.2 Å². The molecule has 0 bridgehead atoms. The summed E-state index contributed by atoms with van der Waals surface area (Å²) in [7, 11) is 0. The van der Waals surface area contributed by atoms with Crippen molar-refractivity contribution in [3.63, 3.8) is 0 Å². The van der Waals surface area contributed by atoms with Gasteiger partial charge in [-0.05, 0) is 24.3 Å². The van der Waals surface area contributed by atoms with Crippen LogP contribution in [0.4, 0.5) is 13.2 Å². The second-order valence-corrected chi connectivity index (χ2v) is 4.26. The molecule has 1 heterocycles. The standard InChI is InChI=1S/C11H8ClF3N4O/c12-7-1-3-8(4-2-7)19-5-9(17-18-19)10(20)16-6-11(13,14)15/h1-5H,6H2,(H,16,20). The lowest BCUT2D eigenvalue weighted by Gasteiger charge is -2.06. The van der Waals surface area contributed by atoms with Gasteiger partial charge in [-0.2, -0.15) is 13.2 Å². The Balaban J connectivity index is 2.09. The van der Waals surface area contributed by atoms with Gasteiger partial charge in [0.2, 0.25) is 0 Å². The van der Waals surface area contributed by atoms with E-state index in [-0.39, 0.29) is 5.69 Å². The third-order valence-electron chi connectivity index (χ3n) is 2.27. The molecule has 0 radical (unpaired) electrons. The van der Waals surface area contributed by atoms with E-state index in [1.807, 2.05) is 0 Å². The third-order valence-corrected chi connectivity index (χ3v) is 2.52. The molecule has 1 amide bonds. The van der Waals surface area contributed by atoms with Gasteiger partial charge in [0, 0.05) is 5.02 Å². The van der Waals surface area contributed by atoms with Crippen molar-refractivity contribution < 1.29 is 18.0 Å². The van der Waals surface area contributed by atoms with E-state index in [0.717, 1.165) is 0 Å². The number of benzene rings is 1. The monoisotopic (exact) mass is 304 g/mol. The molecule has 1 aromatic heterocycles. The maximum Gasteiger partial charge on any atom is 0.405 e. The van der Waals surface area contributed by atoms with E-state index in [2.05, 4.69) is 10.3 Å². The van der Waals surface area contributed by atoms with Crippen molar-refractivity contribution in [2.24, 2.45) is 0 Å². The normalized spacial score (nSPS) is 11.4. The summed E-state index contributed by atoms with van der Waals surface area (Å²) in [6.45, 7) is -1.42. The van der Waals surface area contributed by atoms with Crippen LogP contribution in [0.5, 0.6) is 0 Å². The van der Waals surface area contributed by atoms with Crippen LogP contribution >= 0.6 is 11.6 Å². The largest absolute Gasteiger partial charge is 0.405 e. The SMILES string of the molecule is O=C(NCC(F)(F)F)c1cn(-c2ccc(Cl)cc2)nn1. The molecule has 0 fully saturated rings. The smallest absolute Gasteiger partial charge is 0.341 e. The number of aromatic nitrogens is 3. The van der Waals surface area contributed by atoms with Crippen LogP contribution < -0.4 is 5.32 Å². The Morgan fingerprint density at radius 1 is 1.30 bits per heavy atom. The fourth-order valence-corrected chi connectivity index (χ4v) is 1.48.